The maximum absolute atomic E-state index is 13.6. The number of thiazole rings is 1. The predicted octanol–water partition coefficient (Wildman–Crippen LogP) is 5.25. The van der Waals surface area contributed by atoms with E-state index in [0.717, 1.165) is 15.8 Å². The molecule has 0 aliphatic carbocycles. The molecule has 8 heteroatoms. The number of ether oxygens (including phenoxy) is 1. The number of sulfone groups is 1. The van der Waals surface area contributed by atoms with Crippen LogP contribution in [0.25, 0.3) is 10.2 Å². The number of nitrogens with zero attached hydrogens (tertiary/aromatic N) is 2. The Kier molecular flexibility index (Phi) is 6.49. The maximum atomic E-state index is 13.6. The zero-order valence-electron chi connectivity index (χ0n) is 18.6. The van der Waals surface area contributed by atoms with Crippen molar-refractivity contribution in [2.24, 2.45) is 0 Å². The summed E-state index contributed by atoms with van der Waals surface area (Å²) in [5.74, 6) is 0.405. The lowest BCUT2D eigenvalue weighted by molar-refractivity contribution is 0.0985. The molecule has 0 spiro atoms. The number of amides is 1. The number of hydrogen-bond acceptors (Lipinski definition) is 6. The van der Waals surface area contributed by atoms with Crippen molar-refractivity contribution in [1.82, 2.24) is 4.98 Å². The van der Waals surface area contributed by atoms with Crippen LogP contribution in [0, 0.1) is 6.92 Å². The van der Waals surface area contributed by atoms with E-state index in [2.05, 4.69) is 0 Å². The van der Waals surface area contributed by atoms with Gasteiger partial charge in [-0.05, 0) is 48.4 Å². The molecule has 33 heavy (non-hydrogen) atoms. The Morgan fingerprint density at radius 1 is 1.03 bits per heavy atom. The smallest absolute Gasteiger partial charge is 0.260 e. The van der Waals surface area contributed by atoms with E-state index in [1.807, 2.05) is 49.4 Å². The molecule has 0 saturated carbocycles. The van der Waals surface area contributed by atoms with E-state index in [9.17, 15) is 13.2 Å². The van der Waals surface area contributed by atoms with Crippen LogP contribution in [0.3, 0.4) is 0 Å². The van der Waals surface area contributed by atoms with Crippen LogP contribution >= 0.6 is 11.3 Å². The lowest BCUT2D eigenvalue weighted by Gasteiger charge is -2.20. The monoisotopic (exact) mass is 480 g/mol. The molecule has 170 valence electrons. The summed E-state index contributed by atoms with van der Waals surface area (Å²) in [6.07, 6.45) is 0. The molecule has 0 atom stereocenters. The van der Waals surface area contributed by atoms with Gasteiger partial charge in [-0.15, -0.1) is 0 Å². The van der Waals surface area contributed by atoms with Gasteiger partial charge in [-0.1, -0.05) is 54.7 Å². The number of benzene rings is 3. The van der Waals surface area contributed by atoms with Gasteiger partial charge in [0.25, 0.3) is 5.91 Å². The first-order chi connectivity index (χ1) is 15.8. The number of hydrogen-bond donors (Lipinski definition) is 0. The minimum absolute atomic E-state index is 0.00726. The molecule has 0 radical (unpaired) electrons. The Hall–Kier alpha value is -3.23. The number of carbonyl (C=O) groups excluding carboxylic acids is 1. The van der Waals surface area contributed by atoms with Gasteiger partial charge in [0, 0.05) is 5.56 Å². The molecule has 0 fully saturated rings. The second-order valence-electron chi connectivity index (χ2n) is 7.56. The Bertz CT molecular complexity index is 1400. The van der Waals surface area contributed by atoms with E-state index >= 15 is 0 Å². The molecule has 3 aromatic carbocycles. The zero-order valence-corrected chi connectivity index (χ0v) is 20.2. The molecular formula is C25H24N2O4S2. The van der Waals surface area contributed by atoms with Crippen LogP contribution in [0.1, 0.15) is 28.4 Å². The molecule has 0 bridgehead atoms. The van der Waals surface area contributed by atoms with Crippen LogP contribution in [0.2, 0.25) is 0 Å². The highest BCUT2D eigenvalue weighted by molar-refractivity contribution is 7.91. The fourth-order valence-corrected chi connectivity index (χ4v) is 5.43. The fourth-order valence-electron chi connectivity index (χ4n) is 3.50. The highest BCUT2D eigenvalue weighted by Crippen LogP contribution is 2.37. The van der Waals surface area contributed by atoms with Gasteiger partial charge in [-0.2, -0.15) is 0 Å². The van der Waals surface area contributed by atoms with Gasteiger partial charge >= 0.3 is 0 Å². The minimum atomic E-state index is -3.34. The van der Waals surface area contributed by atoms with Crippen LogP contribution < -0.4 is 9.64 Å². The summed E-state index contributed by atoms with van der Waals surface area (Å²) in [4.78, 5) is 20.2. The van der Waals surface area contributed by atoms with Gasteiger partial charge in [0.2, 0.25) is 0 Å². The Labute approximate surface area is 197 Å². The maximum Gasteiger partial charge on any atom is 0.260 e. The molecule has 1 heterocycles. The van der Waals surface area contributed by atoms with E-state index in [-0.39, 0.29) is 16.6 Å². The first kappa shape index (κ1) is 22.9. The summed E-state index contributed by atoms with van der Waals surface area (Å²) in [5.41, 5.74) is 3.12. The van der Waals surface area contributed by atoms with Crippen LogP contribution in [-0.2, 0) is 16.4 Å². The fraction of sp³-hybridized carbons (Fsp3) is 0.200. The van der Waals surface area contributed by atoms with E-state index < -0.39 is 9.84 Å². The van der Waals surface area contributed by atoms with E-state index in [1.54, 1.807) is 31.1 Å². The second kappa shape index (κ2) is 9.33. The van der Waals surface area contributed by atoms with Crippen molar-refractivity contribution in [2.75, 3.05) is 17.8 Å². The van der Waals surface area contributed by atoms with Crippen LogP contribution in [0.15, 0.2) is 71.6 Å². The van der Waals surface area contributed by atoms with Gasteiger partial charge < -0.3 is 4.74 Å². The lowest BCUT2D eigenvalue weighted by Crippen LogP contribution is -2.30. The molecule has 6 nitrogen and oxygen atoms in total. The first-order valence-electron chi connectivity index (χ1n) is 10.5. The minimum Gasteiger partial charge on any atom is -0.494 e. The highest BCUT2D eigenvalue weighted by atomic mass is 32.2. The number of carbonyl (C=O) groups is 1. The van der Waals surface area contributed by atoms with Crippen molar-refractivity contribution in [2.45, 2.75) is 25.3 Å². The normalized spacial score (nSPS) is 11.5. The summed E-state index contributed by atoms with van der Waals surface area (Å²) in [6.45, 7) is 3.93. The van der Waals surface area contributed by atoms with Crippen LogP contribution in [0.4, 0.5) is 5.13 Å². The predicted molar refractivity (Wildman–Crippen MR) is 132 cm³/mol. The molecule has 0 aliphatic rings. The summed E-state index contributed by atoms with van der Waals surface area (Å²) in [6, 6.07) is 19.6. The van der Waals surface area contributed by atoms with Crippen LogP contribution in [-0.4, -0.2) is 32.2 Å². The number of aromatic nitrogens is 1. The first-order valence-corrected chi connectivity index (χ1v) is 12.9. The Morgan fingerprint density at radius 2 is 1.73 bits per heavy atom. The Morgan fingerprint density at radius 3 is 2.36 bits per heavy atom. The van der Waals surface area contributed by atoms with Crippen LogP contribution in [0.5, 0.6) is 5.75 Å². The average molecular weight is 481 g/mol. The Balaban J connectivity index is 1.78. The van der Waals surface area contributed by atoms with E-state index in [0.29, 0.717) is 28.5 Å². The zero-order chi connectivity index (χ0) is 23.6. The SMILES string of the molecule is CCS(=O)(=O)c1ccc(C(=O)N(Cc2ccccc2)c2nc3c(OC)ccc(C)c3s2)cc1. The van der Waals surface area contributed by atoms with Crippen molar-refractivity contribution in [1.29, 1.82) is 0 Å². The molecule has 0 saturated heterocycles. The van der Waals surface area contributed by atoms with Crippen molar-refractivity contribution >= 4 is 42.4 Å². The largest absolute Gasteiger partial charge is 0.494 e. The molecule has 4 aromatic rings. The number of anilines is 1. The molecule has 0 N–H and O–H groups in total. The molecular weight excluding hydrogens is 456 g/mol. The van der Waals surface area contributed by atoms with Gasteiger partial charge in [0.05, 0.1) is 29.0 Å². The molecule has 0 aliphatic heterocycles. The summed E-state index contributed by atoms with van der Waals surface area (Å²) < 4.78 is 30.7. The molecule has 4 rings (SSSR count). The third-order valence-electron chi connectivity index (χ3n) is 5.41. The number of aryl methyl sites for hydroxylation is 1. The van der Waals surface area contributed by atoms with Crippen molar-refractivity contribution in [3.05, 3.63) is 83.4 Å². The average Bonchev–Trinajstić information content (AvgIpc) is 3.29. The van der Waals surface area contributed by atoms with Crippen molar-refractivity contribution in [3.8, 4) is 5.75 Å². The van der Waals surface area contributed by atoms with Crippen molar-refractivity contribution < 1.29 is 17.9 Å². The van der Waals surface area contributed by atoms with Gasteiger partial charge in [0.1, 0.15) is 11.3 Å². The summed E-state index contributed by atoms with van der Waals surface area (Å²) in [7, 11) is -1.74. The van der Waals surface area contributed by atoms with Gasteiger partial charge in [-0.3, -0.25) is 9.69 Å². The molecule has 1 amide bonds. The van der Waals surface area contributed by atoms with Gasteiger partial charge in [-0.25, -0.2) is 13.4 Å². The second-order valence-corrected chi connectivity index (χ2v) is 10.8. The van der Waals surface area contributed by atoms with Gasteiger partial charge in [0.15, 0.2) is 15.0 Å². The van der Waals surface area contributed by atoms with E-state index in [1.165, 1.54) is 23.5 Å². The number of fused-ring (bicyclic) bond motifs is 1. The molecule has 1 aromatic heterocycles. The lowest BCUT2D eigenvalue weighted by atomic mass is 10.1. The standard InChI is InChI=1S/C25H24N2O4S2/c1-4-33(29,30)20-13-11-19(12-14-20)24(28)27(16-18-8-6-5-7-9-18)25-26-22-21(31-3)15-10-17(2)23(22)32-25/h5-15H,4,16H2,1-3H3. The topological polar surface area (TPSA) is 76.6 Å². The highest BCUT2D eigenvalue weighted by Gasteiger charge is 2.24. The third-order valence-corrected chi connectivity index (χ3v) is 8.38. The quantitative estimate of drug-likeness (QED) is 0.361. The molecule has 0 unspecified atom stereocenters. The number of methoxy groups -OCH3 is 1. The van der Waals surface area contributed by atoms with Crippen molar-refractivity contribution in [3.63, 3.8) is 0 Å². The summed E-state index contributed by atoms with van der Waals surface area (Å²) in [5, 5.41) is 0.553. The third kappa shape index (κ3) is 4.62. The van der Waals surface area contributed by atoms with E-state index in [4.69, 9.17) is 9.72 Å². The summed E-state index contributed by atoms with van der Waals surface area (Å²) >= 11 is 1.43. The number of rotatable bonds is 7.